The highest BCUT2D eigenvalue weighted by Crippen LogP contribution is 2.28. The van der Waals surface area contributed by atoms with Crippen molar-refractivity contribution in [3.63, 3.8) is 0 Å². The van der Waals surface area contributed by atoms with Gasteiger partial charge in [-0.3, -0.25) is 9.89 Å². The zero-order valence-corrected chi connectivity index (χ0v) is 12.1. The normalized spacial score (nSPS) is 26.8. The number of rotatable bonds is 1. The van der Waals surface area contributed by atoms with Gasteiger partial charge in [0, 0.05) is 31.6 Å². The van der Waals surface area contributed by atoms with E-state index in [0.717, 1.165) is 12.6 Å². The molecule has 1 aromatic heterocycles. The van der Waals surface area contributed by atoms with Gasteiger partial charge in [-0.25, -0.2) is 0 Å². The molecule has 9 heteroatoms. The molecule has 1 amide bonds. The summed E-state index contributed by atoms with van der Waals surface area (Å²) in [7, 11) is 1.97. The van der Waals surface area contributed by atoms with Gasteiger partial charge >= 0.3 is 6.18 Å². The molecule has 1 aromatic rings. The summed E-state index contributed by atoms with van der Waals surface area (Å²) in [4.78, 5) is 16.3. The number of nitrogens with zero attached hydrogens (tertiary/aromatic N) is 3. The molecular formula is C13H17F3N4O2. The second-order valence-corrected chi connectivity index (χ2v) is 5.90. The van der Waals surface area contributed by atoms with Gasteiger partial charge in [-0.2, -0.15) is 18.3 Å². The fourth-order valence-corrected chi connectivity index (χ4v) is 3.05. The number of halogens is 3. The van der Waals surface area contributed by atoms with Crippen LogP contribution in [0.25, 0.3) is 0 Å². The van der Waals surface area contributed by atoms with Crippen molar-refractivity contribution in [1.82, 2.24) is 20.0 Å². The number of nitrogens with one attached hydrogen (secondary N) is 1. The van der Waals surface area contributed by atoms with E-state index in [1.54, 1.807) is 4.90 Å². The third-order valence-corrected chi connectivity index (χ3v) is 4.01. The number of carbonyl (C=O) groups excluding carboxylic acids is 1. The van der Waals surface area contributed by atoms with Crippen LogP contribution in [0.3, 0.4) is 0 Å². The van der Waals surface area contributed by atoms with Gasteiger partial charge in [0.05, 0.1) is 19.3 Å². The zero-order chi connectivity index (χ0) is 15.9. The fraction of sp³-hybridized carbons (Fsp3) is 0.692. The molecule has 3 rings (SSSR count). The third kappa shape index (κ3) is 2.95. The van der Waals surface area contributed by atoms with Crippen molar-refractivity contribution in [1.29, 1.82) is 0 Å². The van der Waals surface area contributed by atoms with E-state index in [2.05, 4.69) is 10.00 Å². The zero-order valence-electron chi connectivity index (χ0n) is 12.1. The van der Waals surface area contributed by atoms with E-state index in [1.165, 1.54) is 0 Å². The molecule has 1 N–H and O–H groups in total. The molecule has 2 bridgehead atoms. The molecule has 122 valence electrons. The van der Waals surface area contributed by atoms with Gasteiger partial charge in [0.25, 0.3) is 5.91 Å². The van der Waals surface area contributed by atoms with Gasteiger partial charge in [-0.1, -0.05) is 0 Å². The lowest BCUT2D eigenvalue weighted by atomic mass is 10.1. The molecule has 0 aliphatic carbocycles. The van der Waals surface area contributed by atoms with Crippen LogP contribution in [-0.4, -0.2) is 71.8 Å². The first kappa shape index (κ1) is 15.3. The highest BCUT2D eigenvalue weighted by atomic mass is 19.4. The minimum Gasteiger partial charge on any atom is -0.379 e. The fourth-order valence-electron chi connectivity index (χ4n) is 3.05. The predicted molar refractivity (Wildman–Crippen MR) is 70.2 cm³/mol. The average Bonchev–Trinajstić information content (AvgIpc) is 2.76. The molecule has 2 fully saturated rings. The lowest BCUT2D eigenvalue weighted by Gasteiger charge is -2.29. The Morgan fingerprint density at radius 2 is 2.14 bits per heavy atom. The number of aromatic nitrogens is 2. The maximum Gasteiger partial charge on any atom is 0.432 e. The number of fused-ring (bicyclic) bond motifs is 3. The van der Waals surface area contributed by atoms with Gasteiger partial charge in [0.1, 0.15) is 5.69 Å². The van der Waals surface area contributed by atoms with Gasteiger partial charge in [0.2, 0.25) is 0 Å². The number of aromatic amines is 1. The number of ether oxygens (including phenoxy) is 1. The molecule has 0 unspecified atom stereocenters. The van der Waals surface area contributed by atoms with Crippen LogP contribution in [0.1, 0.15) is 16.2 Å². The van der Waals surface area contributed by atoms with Crippen LogP contribution in [0, 0.1) is 5.92 Å². The molecule has 2 aliphatic rings. The summed E-state index contributed by atoms with van der Waals surface area (Å²) < 4.78 is 43.4. The Balaban J connectivity index is 1.83. The van der Waals surface area contributed by atoms with E-state index in [1.807, 2.05) is 12.1 Å². The summed E-state index contributed by atoms with van der Waals surface area (Å²) in [6, 6.07) is 0.595. The van der Waals surface area contributed by atoms with Gasteiger partial charge in [0.15, 0.2) is 5.69 Å². The largest absolute Gasteiger partial charge is 0.432 e. The Bertz CT molecular complexity index is 560. The van der Waals surface area contributed by atoms with Gasteiger partial charge < -0.3 is 14.5 Å². The van der Waals surface area contributed by atoms with Crippen LogP contribution in [0.5, 0.6) is 0 Å². The van der Waals surface area contributed by atoms with E-state index in [-0.39, 0.29) is 17.7 Å². The van der Waals surface area contributed by atoms with Gasteiger partial charge in [-0.05, 0) is 7.05 Å². The molecule has 0 saturated carbocycles. The first-order valence-electron chi connectivity index (χ1n) is 7.04. The number of amides is 1. The smallest absolute Gasteiger partial charge is 0.379 e. The summed E-state index contributed by atoms with van der Waals surface area (Å²) in [5, 5.41) is 5.42. The number of H-pyrrole nitrogens is 1. The molecule has 0 radical (unpaired) electrons. The molecule has 0 spiro atoms. The Morgan fingerprint density at radius 3 is 2.82 bits per heavy atom. The van der Waals surface area contributed by atoms with E-state index < -0.39 is 17.8 Å². The van der Waals surface area contributed by atoms with Crippen molar-refractivity contribution < 1.29 is 22.7 Å². The molecular weight excluding hydrogens is 301 g/mol. The quantitative estimate of drug-likeness (QED) is 0.833. The van der Waals surface area contributed by atoms with Crippen molar-refractivity contribution in [2.75, 3.05) is 39.9 Å². The lowest BCUT2D eigenvalue weighted by Crippen LogP contribution is -2.46. The number of carbonyl (C=O) groups is 1. The van der Waals surface area contributed by atoms with Crippen molar-refractivity contribution in [2.45, 2.75) is 12.2 Å². The summed E-state index contributed by atoms with van der Waals surface area (Å²) in [6.45, 7) is 2.86. The standard InChI is InChI=1S/C13H17F3N4O2/c1-19-3-8-4-20(9(5-19)7-22-6-8)12(21)10-2-11(18-17-10)13(14,15)16/h2,8-9H,3-7H2,1H3,(H,17,18)/t8-,9-/m0/s1. The maximum atomic E-state index is 12.6. The Kier molecular flexibility index (Phi) is 3.85. The van der Waals surface area contributed by atoms with Crippen LogP contribution < -0.4 is 0 Å². The van der Waals surface area contributed by atoms with E-state index in [0.29, 0.717) is 26.3 Å². The highest BCUT2D eigenvalue weighted by Gasteiger charge is 2.38. The highest BCUT2D eigenvalue weighted by molar-refractivity contribution is 5.92. The molecule has 2 atom stereocenters. The number of likely N-dealkylation sites (N-methyl/N-ethyl adjacent to an activating group) is 1. The lowest BCUT2D eigenvalue weighted by molar-refractivity contribution is -0.141. The second kappa shape index (κ2) is 5.54. The summed E-state index contributed by atoms with van der Waals surface area (Å²) in [5.41, 5.74) is -1.22. The van der Waals surface area contributed by atoms with Crippen molar-refractivity contribution in [3.8, 4) is 0 Å². The van der Waals surface area contributed by atoms with Crippen LogP contribution >= 0.6 is 0 Å². The van der Waals surface area contributed by atoms with Crippen molar-refractivity contribution >= 4 is 5.91 Å². The first-order valence-corrected chi connectivity index (χ1v) is 7.04. The number of alkyl halides is 3. The monoisotopic (exact) mass is 318 g/mol. The van der Waals surface area contributed by atoms with Crippen LogP contribution in [0.4, 0.5) is 13.2 Å². The third-order valence-electron chi connectivity index (χ3n) is 4.01. The summed E-state index contributed by atoms with van der Waals surface area (Å²) in [6.07, 6.45) is -4.54. The van der Waals surface area contributed by atoms with Crippen LogP contribution in [0.15, 0.2) is 6.07 Å². The molecule has 2 aliphatic heterocycles. The van der Waals surface area contributed by atoms with E-state index in [9.17, 15) is 18.0 Å². The summed E-state index contributed by atoms with van der Waals surface area (Å²) >= 11 is 0. The second-order valence-electron chi connectivity index (χ2n) is 5.90. The van der Waals surface area contributed by atoms with Crippen molar-refractivity contribution in [3.05, 3.63) is 17.5 Å². The SMILES string of the molecule is CN1C[C@@H]2COC[C@H](C1)N(C(=O)c1cc(C(F)(F)F)[nH]n1)C2. The molecule has 0 aromatic carbocycles. The summed E-state index contributed by atoms with van der Waals surface area (Å²) in [5.74, 6) is -0.329. The minimum absolute atomic E-state index is 0.155. The predicted octanol–water partition coefficient (Wildman–Crippen LogP) is 0.831. The number of hydrogen-bond donors (Lipinski definition) is 1. The van der Waals surface area contributed by atoms with Crippen LogP contribution in [-0.2, 0) is 10.9 Å². The molecule has 2 saturated heterocycles. The molecule has 22 heavy (non-hydrogen) atoms. The first-order chi connectivity index (χ1) is 10.3. The van der Waals surface area contributed by atoms with Crippen molar-refractivity contribution in [2.24, 2.45) is 5.92 Å². The molecule has 3 heterocycles. The Hall–Kier alpha value is -1.61. The molecule has 6 nitrogen and oxygen atoms in total. The number of hydrogen-bond acceptors (Lipinski definition) is 4. The topological polar surface area (TPSA) is 61.5 Å². The maximum absolute atomic E-state index is 12.6. The Labute approximate surface area is 125 Å². The van der Waals surface area contributed by atoms with Gasteiger partial charge in [-0.15, -0.1) is 0 Å². The Morgan fingerprint density at radius 1 is 1.36 bits per heavy atom. The van der Waals surface area contributed by atoms with Crippen LogP contribution in [0.2, 0.25) is 0 Å². The van der Waals surface area contributed by atoms with E-state index >= 15 is 0 Å². The average molecular weight is 318 g/mol. The van der Waals surface area contributed by atoms with E-state index in [4.69, 9.17) is 4.74 Å². The minimum atomic E-state index is -4.54.